The number of esters is 2. The number of benzene rings is 3. The van der Waals surface area contributed by atoms with Crippen LogP contribution in [0.2, 0.25) is 0 Å². The molecule has 0 spiro atoms. The molecule has 2 heterocycles. The largest absolute Gasteiger partial charge is 0.494 e. The first-order valence-corrected chi connectivity index (χ1v) is 14.5. The van der Waals surface area contributed by atoms with Crippen LogP contribution in [0.3, 0.4) is 0 Å². The Kier molecular flexibility index (Phi) is 10.1. The van der Waals surface area contributed by atoms with Gasteiger partial charge in [0.15, 0.2) is 0 Å². The van der Waals surface area contributed by atoms with E-state index >= 15 is 0 Å². The zero-order chi connectivity index (χ0) is 32.5. The molecule has 0 N–H and O–H groups in total. The Balaban J connectivity index is 1.07. The third-order valence-electron chi connectivity index (χ3n) is 7.53. The predicted octanol–water partition coefficient (Wildman–Crippen LogP) is 4.44. The van der Waals surface area contributed by atoms with Crippen molar-refractivity contribution in [2.75, 3.05) is 33.2 Å². The number of carbonyl (C=O) groups excluding carboxylic acids is 4. The van der Waals surface area contributed by atoms with Crippen LogP contribution in [0.25, 0.3) is 0 Å². The molecule has 0 unspecified atom stereocenters. The van der Waals surface area contributed by atoms with E-state index in [1.54, 1.807) is 48.5 Å². The quantitative estimate of drug-likeness (QED) is 0.0944. The van der Waals surface area contributed by atoms with Gasteiger partial charge in [0, 0.05) is 28.7 Å². The van der Waals surface area contributed by atoms with Crippen molar-refractivity contribution in [1.82, 2.24) is 4.90 Å². The van der Waals surface area contributed by atoms with Crippen LogP contribution in [0.1, 0.15) is 41.3 Å². The van der Waals surface area contributed by atoms with Crippen LogP contribution < -0.4 is 14.2 Å². The van der Waals surface area contributed by atoms with Gasteiger partial charge < -0.3 is 23.7 Å². The highest BCUT2D eigenvalue weighted by Gasteiger charge is 2.36. The number of rotatable bonds is 12. The van der Waals surface area contributed by atoms with E-state index in [0.29, 0.717) is 29.2 Å². The summed E-state index contributed by atoms with van der Waals surface area (Å²) in [5.74, 6) is 3.46. The lowest BCUT2D eigenvalue weighted by atomic mass is 9.80. The predicted molar refractivity (Wildman–Crippen MR) is 161 cm³/mol. The molecule has 2 aliphatic rings. The lowest BCUT2D eigenvalue weighted by Gasteiger charge is -2.40. The van der Waals surface area contributed by atoms with Gasteiger partial charge in [0.05, 0.1) is 25.4 Å². The van der Waals surface area contributed by atoms with E-state index in [2.05, 4.69) is 18.8 Å². The highest BCUT2D eigenvalue weighted by molar-refractivity contribution is 6.14. The van der Waals surface area contributed by atoms with Gasteiger partial charge in [-0.2, -0.15) is 0 Å². The Bertz CT molecular complexity index is 1680. The molecule has 0 saturated carbocycles. The zero-order valence-electron chi connectivity index (χ0n) is 25.0. The van der Waals surface area contributed by atoms with Crippen LogP contribution in [-0.4, -0.2) is 61.8 Å². The first-order valence-electron chi connectivity index (χ1n) is 14.5. The van der Waals surface area contributed by atoms with E-state index in [4.69, 9.17) is 23.7 Å². The van der Waals surface area contributed by atoms with Gasteiger partial charge in [0.25, 0.3) is 11.8 Å². The summed E-state index contributed by atoms with van der Waals surface area (Å²) in [4.78, 5) is 48.2. The van der Waals surface area contributed by atoms with E-state index in [0.717, 1.165) is 49.2 Å². The fraction of sp³-hybridized carbons (Fsp3) is 0.257. The summed E-state index contributed by atoms with van der Waals surface area (Å²) in [5, 5.41) is 0. The fourth-order valence-corrected chi connectivity index (χ4v) is 4.53. The Morgan fingerprint density at radius 1 is 0.870 bits per heavy atom. The van der Waals surface area contributed by atoms with Gasteiger partial charge in [-0.25, -0.2) is 9.18 Å². The number of imide groups is 1. The minimum Gasteiger partial charge on any atom is -0.494 e. The Labute approximate surface area is 264 Å². The summed E-state index contributed by atoms with van der Waals surface area (Å²) >= 11 is 0. The number of nitrogens with zero attached hydrogens (tertiary/aromatic N) is 1. The SMILES string of the molecule is CCC1(CCOc2ccc(OC(=O)c3ccc(C#Cc4ccc(OCOC(=O)CN5C(=O)C=CC5=O)cc4)cc3F)cc2)COC1. The summed E-state index contributed by atoms with van der Waals surface area (Å²) in [6.07, 6.45) is 4.09. The number of hydrogen-bond acceptors (Lipinski definition) is 9. The van der Waals surface area contributed by atoms with Gasteiger partial charge in [-0.3, -0.25) is 19.3 Å². The van der Waals surface area contributed by atoms with Crippen LogP contribution in [-0.2, 0) is 23.9 Å². The van der Waals surface area contributed by atoms with Crippen molar-refractivity contribution in [2.24, 2.45) is 5.41 Å². The first kappa shape index (κ1) is 31.9. The van der Waals surface area contributed by atoms with Gasteiger partial charge >= 0.3 is 11.9 Å². The monoisotopic (exact) mass is 627 g/mol. The fourth-order valence-electron chi connectivity index (χ4n) is 4.53. The molecule has 0 aliphatic carbocycles. The Morgan fingerprint density at radius 3 is 2.11 bits per heavy atom. The highest BCUT2D eigenvalue weighted by Crippen LogP contribution is 2.35. The molecule has 0 bridgehead atoms. The molecule has 3 aromatic rings. The van der Waals surface area contributed by atoms with E-state index in [1.807, 2.05) is 0 Å². The second kappa shape index (κ2) is 14.5. The van der Waals surface area contributed by atoms with Gasteiger partial charge in [0.1, 0.15) is 29.6 Å². The summed E-state index contributed by atoms with van der Waals surface area (Å²) in [6.45, 7) is 3.30. The van der Waals surface area contributed by atoms with Crippen molar-refractivity contribution in [3.05, 3.63) is 101 Å². The Hall–Kier alpha value is -5.47. The van der Waals surface area contributed by atoms with E-state index in [-0.39, 0.29) is 16.7 Å². The van der Waals surface area contributed by atoms with Crippen molar-refractivity contribution >= 4 is 23.8 Å². The molecule has 0 radical (unpaired) electrons. The summed E-state index contributed by atoms with van der Waals surface area (Å²) in [5.41, 5.74) is 0.925. The maximum atomic E-state index is 14.8. The number of amides is 2. The molecule has 3 aromatic carbocycles. The number of halogens is 1. The van der Waals surface area contributed by atoms with Gasteiger partial charge in [-0.1, -0.05) is 18.8 Å². The molecule has 0 aromatic heterocycles. The molecule has 1 fully saturated rings. The minimum atomic E-state index is -0.836. The second-order valence-electron chi connectivity index (χ2n) is 10.6. The molecular weight excluding hydrogens is 597 g/mol. The van der Waals surface area contributed by atoms with Gasteiger partial charge in [-0.15, -0.1) is 0 Å². The standard InChI is InChI=1S/C35H30FNO9/c1-2-35(21-42-22-35)17-18-43-26-10-12-28(13-11-26)46-34(41)29-14-7-25(19-30(29)36)4-3-24-5-8-27(9-6-24)44-23-45-33(40)20-37-31(38)15-16-32(37)39/h5-16,19H,2,17-18,20-23H2,1H3. The van der Waals surface area contributed by atoms with Crippen LogP contribution in [0.15, 0.2) is 78.9 Å². The number of ether oxygens (including phenoxy) is 5. The van der Waals surface area contributed by atoms with Crippen LogP contribution >= 0.6 is 0 Å². The van der Waals surface area contributed by atoms with Crippen LogP contribution in [0.5, 0.6) is 17.2 Å². The third-order valence-corrected chi connectivity index (χ3v) is 7.53. The molecule has 46 heavy (non-hydrogen) atoms. The second-order valence-corrected chi connectivity index (χ2v) is 10.6. The summed E-state index contributed by atoms with van der Waals surface area (Å²) < 4.78 is 41.5. The van der Waals surface area contributed by atoms with Crippen LogP contribution in [0.4, 0.5) is 4.39 Å². The summed E-state index contributed by atoms with van der Waals surface area (Å²) in [7, 11) is 0. The van der Waals surface area contributed by atoms with E-state index in [9.17, 15) is 23.6 Å². The number of carbonyl (C=O) groups is 4. The van der Waals surface area contributed by atoms with E-state index < -0.39 is 42.9 Å². The molecule has 1 saturated heterocycles. The normalized spacial score (nSPS) is 14.6. The lowest BCUT2D eigenvalue weighted by molar-refractivity contribution is -0.156. The molecular formula is C35H30FNO9. The maximum Gasteiger partial charge on any atom is 0.346 e. The molecule has 5 rings (SSSR count). The highest BCUT2D eigenvalue weighted by atomic mass is 19.1. The van der Waals surface area contributed by atoms with Crippen molar-refractivity contribution in [3.63, 3.8) is 0 Å². The smallest absolute Gasteiger partial charge is 0.346 e. The molecule has 2 aliphatic heterocycles. The van der Waals surface area contributed by atoms with Crippen LogP contribution in [0, 0.1) is 23.1 Å². The van der Waals surface area contributed by atoms with Gasteiger partial charge in [0.2, 0.25) is 6.79 Å². The molecule has 2 amide bonds. The summed E-state index contributed by atoms with van der Waals surface area (Å²) in [6, 6.07) is 17.1. The van der Waals surface area contributed by atoms with Crippen molar-refractivity contribution in [1.29, 1.82) is 0 Å². The lowest BCUT2D eigenvalue weighted by Crippen LogP contribution is -2.43. The minimum absolute atomic E-state index is 0.200. The van der Waals surface area contributed by atoms with Crippen molar-refractivity contribution in [2.45, 2.75) is 19.8 Å². The molecule has 0 atom stereocenters. The first-order chi connectivity index (χ1) is 22.2. The van der Waals surface area contributed by atoms with Gasteiger partial charge in [-0.05, 0) is 79.6 Å². The van der Waals surface area contributed by atoms with Crippen molar-refractivity contribution in [3.8, 4) is 29.1 Å². The van der Waals surface area contributed by atoms with E-state index in [1.165, 1.54) is 12.1 Å². The maximum absolute atomic E-state index is 14.8. The third kappa shape index (κ3) is 8.16. The topological polar surface area (TPSA) is 118 Å². The molecule has 236 valence electrons. The zero-order valence-corrected chi connectivity index (χ0v) is 25.0. The number of hydrogen-bond donors (Lipinski definition) is 0. The Morgan fingerprint density at radius 2 is 1.48 bits per heavy atom. The van der Waals surface area contributed by atoms with Crippen molar-refractivity contribution < 1.29 is 47.3 Å². The average molecular weight is 628 g/mol. The molecule has 10 nitrogen and oxygen atoms in total. The molecule has 11 heteroatoms. The average Bonchev–Trinajstić information content (AvgIpc) is 3.35.